The van der Waals surface area contributed by atoms with E-state index in [9.17, 15) is 4.79 Å². The zero-order valence-corrected chi connectivity index (χ0v) is 10.6. The lowest BCUT2D eigenvalue weighted by Crippen LogP contribution is -2.47. The molecule has 1 amide bonds. The number of rotatable bonds is 4. The van der Waals surface area contributed by atoms with Crippen LogP contribution in [-0.4, -0.2) is 47.7 Å². The number of pyridine rings is 1. The molecule has 2 heterocycles. The number of carbonyl (C=O) groups excluding carboxylic acids is 1. The standard InChI is InChI=1S/C12H17N3OS/c16-12(15-7-5-13-6-8-15)10-17-9-11-3-1-2-4-14-11/h1-4,13H,5-10H2. The minimum absolute atomic E-state index is 0.243. The van der Waals surface area contributed by atoms with Crippen LogP contribution >= 0.6 is 11.8 Å². The maximum absolute atomic E-state index is 11.8. The van der Waals surface area contributed by atoms with Crippen LogP contribution in [0.1, 0.15) is 5.69 Å². The Hall–Kier alpha value is -1.07. The molecule has 92 valence electrons. The highest BCUT2D eigenvalue weighted by Gasteiger charge is 2.15. The fourth-order valence-corrected chi connectivity index (χ4v) is 2.57. The molecule has 1 aliphatic rings. The third-order valence-corrected chi connectivity index (χ3v) is 3.62. The maximum atomic E-state index is 11.8. The second-order valence-corrected chi connectivity index (χ2v) is 4.93. The zero-order chi connectivity index (χ0) is 11.9. The Morgan fingerprint density at radius 3 is 2.94 bits per heavy atom. The van der Waals surface area contributed by atoms with Crippen molar-refractivity contribution in [2.75, 3.05) is 31.9 Å². The van der Waals surface area contributed by atoms with E-state index >= 15 is 0 Å². The van der Waals surface area contributed by atoms with Crippen molar-refractivity contribution in [2.45, 2.75) is 5.75 Å². The van der Waals surface area contributed by atoms with Gasteiger partial charge in [-0.1, -0.05) is 6.07 Å². The van der Waals surface area contributed by atoms with Crippen LogP contribution in [0.5, 0.6) is 0 Å². The zero-order valence-electron chi connectivity index (χ0n) is 9.76. The van der Waals surface area contributed by atoms with Crippen LogP contribution in [-0.2, 0) is 10.5 Å². The van der Waals surface area contributed by atoms with E-state index in [0.29, 0.717) is 5.75 Å². The third-order valence-electron chi connectivity index (χ3n) is 2.67. The molecule has 0 atom stereocenters. The molecule has 0 aliphatic carbocycles. The molecule has 1 aliphatic heterocycles. The molecular formula is C12H17N3OS. The quantitative estimate of drug-likeness (QED) is 0.857. The van der Waals surface area contributed by atoms with Crippen LogP contribution in [0.25, 0.3) is 0 Å². The van der Waals surface area contributed by atoms with Crippen LogP contribution in [0.15, 0.2) is 24.4 Å². The van der Waals surface area contributed by atoms with E-state index in [0.717, 1.165) is 37.6 Å². The lowest BCUT2D eigenvalue weighted by atomic mass is 10.3. The highest BCUT2D eigenvalue weighted by Crippen LogP contribution is 2.10. The van der Waals surface area contributed by atoms with Crippen molar-refractivity contribution >= 4 is 17.7 Å². The minimum Gasteiger partial charge on any atom is -0.339 e. The maximum Gasteiger partial charge on any atom is 0.232 e. The largest absolute Gasteiger partial charge is 0.339 e. The van der Waals surface area contributed by atoms with Gasteiger partial charge in [0.05, 0.1) is 11.4 Å². The number of hydrogen-bond donors (Lipinski definition) is 1. The number of nitrogens with one attached hydrogen (secondary N) is 1. The van der Waals surface area contributed by atoms with Crippen LogP contribution in [0.4, 0.5) is 0 Å². The summed E-state index contributed by atoms with van der Waals surface area (Å²) in [5.41, 5.74) is 1.03. The van der Waals surface area contributed by atoms with Crippen molar-refractivity contribution in [3.05, 3.63) is 30.1 Å². The van der Waals surface area contributed by atoms with Crippen molar-refractivity contribution in [3.63, 3.8) is 0 Å². The molecule has 1 aromatic heterocycles. The SMILES string of the molecule is O=C(CSCc1ccccn1)N1CCNCC1. The molecule has 1 saturated heterocycles. The summed E-state index contributed by atoms with van der Waals surface area (Å²) in [6.45, 7) is 3.50. The van der Waals surface area contributed by atoms with Gasteiger partial charge in [0.15, 0.2) is 0 Å². The van der Waals surface area contributed by atoms with Crippen molar-refractivity contribution in [1.29, 1.82) is 0 Å². The number of amides is 1. The number of carbonyl (C=O) groups is 1. The smallest absolute Gasteiger partial charge is 0.232 e. The Morgan fingerprint density at radius 1 is 1.41 bits per heavy atom. The second kappa shape index (κ2) is 6.61. The topological polar surface area (TPSA) is 45.2 Å². The normalized spacial score (nSPS) is 15.9. The summed E-state index contributed by atoms with van der Waals surface area (Å²) >= 11 is 1.63. The van der Waals surface area contributed by atoms with Crippen molar-refractivity contribution < 1.29 is 4.79 Å². The van der Waals surface area contributed by atoms with E-state index in [1.165, 1.54) is 0 Å². The molecule has 0 spiro atoms. The van der Waals surface area contributed by atoms with E-state index in [4.69, 9.17) is 0 Å². The molecule has 5 heteroatoms. The Labute approximate surface area is 106 Å². The Balaban J connectivity index is 1.69. The van der Waals surface area contributed by atoms with Crippen molar-refractivity contribution in [3.8, 4) is 0 Å². The van der Waals surface area contributed by atoms with Gasteiger partial charge in [-0.15, -0.1) is 11.8 Å². The van der Waals surface area contributed by atoms with Crippen LogP contribution in [0.2, 0.25) is 0 Å². The van der Waals surface area contributed by atoms with Crippen molar-refractivity contribution in [1.82, 2.24) is 15.2 Å². The van der Waals surface area contributed by atoms with Crippen molar-refractivity contribution in [2.24, 2.45) is 0 Å². The first kappa shape index (κ1) is 12.4. The first-order valence-corrected chi connectivity index (χ1v) is 6.98. The van der Waals surface area contributed by atoms with Gasteiger partial charge in [-0.2, -0.15) is 0 Å². The van der Waals surface area contributed by atoms with Gasteiger partial charge in [0.25, 0.3) is 0 Å². The van der Waals surface area contributed by atoms with Gasteiger partial charge in [-0.05, 0) is 12.1 Å². The molecule has 0 unspecified atom stereocenters. The molecule has 0 radical (unpaired) electrons. The van der Waals surface area contributed by atoms with Gasteiger partial charge < -0.3 is 10.2 Å². The first-order chi connectivity index (χ1) is 8.36. The molecule has 4 nitrogen and oxygen atoms in total. The lowest BCUT2D eigenvalue weighted by Gasteiger charge is -2.27. The summed E-state index contributed by atoms with van der Waals surface area (Å²) in [7, 11) is 0. The fraction of sp³-hybridized carbons (Fsp3) is 0.500. The van der Waals surface area contributed by atoms with E-state index in [1.807, 2.05) is 23.1 Å². The van der Waals surface area contributed by atoms with Crippen LogP contribution in [0.3, 0.4) is 0 Å². The summed E-state index contributed by atoms with van der Waals surface area (Å²) in [4.78, 5) is 18.0. The predicted octanol–water partition coefficient (Wildman–Crippen LogP) is 0.747. The first-order valence-electron chi connectivity index (χ1n) is 5.82. The van der Waals surface area contributed by atoms with Gasteiger partial charge >= 0.3 is 0 Å². The third kappa shape index (κ3) is 4.02. The summed E-state index contributed by atoms with van der Waals surface area (Å²) in [5.74, 6) is 1.60. The Bertz CT molecular complexity index is 352. The van der Waals surface area contributed by atoms with Gasteiger partial charge in [-0.25, -0.2) is 0 Å². The average molecular weight is 251 g/mol. The Morgan fingerprint density at radius 2 is 2.24 bits per heavy atom. The minimum atomic E-state index is 0.243. The van der Waals surface area contributed by atoms with E-state index in [1.54, 1.807) is 18.0 Å². The van der Waals surface area contributed by atoms with E-state index in [2.05, 4.69) is 10.3 Å². The number of piperazine rings is 1. The number of hydrogen-bond acceptors (Lipinski definition) is 4. The number of nitrogens with zero attached hydrogens (tertiary/aromatic N) is 2. The van der Waals surface area contributed by atoms with Gasteiger partial charge in [0, 0.05) is 38.1 Å². The molecule has 17 heavy (non-hydrogen) atoms. The lowest BCUT2D eigenvalue weighted by molar-refractivity contribution is -0.128. The molecule has 0 saturated carbocycles. The average Bonchev–Trinajstić information content (AvgIpc) is 2.41. The fourth-order valence-electron chi connectivity index (χ4n) is 1.73. The van der Waals surface area contributed by atoms with Crippen LogP contribution < -0.4 is 5.32 Å². The molecule has 1 fully saturated rings. The molecule has 0 aromatic carbocycles. The summed E-state index contributed by atoms with van der Waals surface area (Å²) in [6, 6.07) is 5.86. The number of aromatic nitrogens is 1. The molecule has 2 rings (SSSR count). The summed E-state index contributed by atoms with van der Waals surface area (Å²) in [6.07, 6.45) is 1.79. The Kier molecular flexibility index (Phi) is 4.82. The van der Waals surface area contributed by atoms with E-state index in [-0.39, 0.29) is 5.91 Å². The van der Waals surface area contributed by atoms with Gasteiger partial charge in [-0.3, -0.25) is 9.78 Å². The molecule has 0 bridgehead atoms. The van der Waals surface area contributed by atoms with Crippen LogP contribution in [0, 0.1) is 0 Å². The second-order valence-electron chi connectivity index (χ2n) is 3.94. The van der Waals surface area contributed by atoms with E-state index < -0.39 is 0 Å². The summed E-state index contributed by atoms with van der Waals surface area (Å²) in [5, 5.41) is 3.24. The highest BCUT2D eigenvalue weighted by atomic mass is 32.2. The highest BCUT2D eigenvalue weighted by molar-refractivity contribution is 7.99. The molecule has 1 N–H and O–H groups in total. The predicted molar refractivity (Wildman–Crippen MR) is 69.8 cm³/mol. The molecule has 1 aromatic rings. The summed E-state index contributed by atoms with van der Waals surface area (Å²) < 4.78 is 0. The molecular weight excluding hydrogens is 234 g/mol. The van der Waals surface area contributed by atoms with Gasteiger partial charge in [0.2, 0.25) is 5.91 Å². The van der Waals surface area contributed by atoms with Gasteiger partial charge in [0.1, 0.15) is 0 Å². The number of thioether (sulfide) groups is 1. The monoisotopic (exact) mass is 251 g/mol.